The van der Waals surface area contributed by atoms with Crippen molar-refractivity contribution in [2.24, 2.45) is 0 Å². The minimum atomic E-state index is -3.78. The number of methoxy groups -OCH3 is 1. The topological polar surface area (TPSA) is 125 Å². The average molecular weight is 430 g/mol. The zero-order valence-electron chi connectivity index (χ0n) is 15.2. The molecule has 1 amide bonds. The van der Waals surface area contributed by atoms with Crippen LogP contribution in [0.1, 0.15) is 15.9 Å². The Morgan fingerprint density at radius 3 is 2.45 bits per heavy atom. The highest BCUT2D eigenvalue weighted by atomic mass is 32.2. The third-order valence-corrected chi connectivity index (χ3v) is 4.78. The molecule has 0 saturated heterocycles. The molecule has 0 spiro atoms. The van der Waals surface area contributed by atoms with Gasteiger partial charge in [0.25, 0.3) is 11.6 Å². The van der Waals surface area contributed by atoms with Crippen LogP contribution in [-0.2, 0) is 16.4 Å². The van der Waals surface area contributed by atoms with Gasteiger partial charge in [-0.3, -0.25) is 14.9 Å². The van der Waals surface area contributed by atoms with Crippen molar-refractivity contribution >= 4 is 21.4 Å². The Bertz CT molecular complexity index is 1040. The number of nitro groups is 1. The molecule has 0 bridgehead atoms. The zero-order valence-corrected chi connectivity index (χ0v) is 16.0. The van der Waals surface area contributed by atoms with E-state index in [1.54, 1.807) is 0 Å². The summed E-state index contributed by atoms with van der Waals surface area (Å²) < 4.78 is 57.4. The van der Waals surface area contributed by atoms with Gasteiger partial charge in [-0.2, -0.15) is 8.78 Å². The molecule has 0 radical (unpaired) electrons. The Hall–Kier alpha value is -3.28. The van der Waals surface area contributed by atoms with E-state index in [0.717, 1.165) is 24.5 Å². The maximum absolute atomic E-state index is 12.4. The van der Waals surface area contributed by atoms with E-state index in [0.29, 0.717) is 5.56 Å². The molecule has 2 rings (SSSR count). The van der Waals surface area contributed by atoms with Crippen LogP contribution in [0.25, 0.3) is 0 Å². The highest BCUT2D eigenvalue weighted by Crippen LogP contribution is 2.29. The SMILES string of the molecule is COc1cc(CNC(=O)c2cc([N+](=O)[O-])cc(S(C)(=O)=O)c2)ccc1OC(F)F. The van der Waals surface area contributed by atoms with Crippen molar-refractivity contribution in [3.05, 3.63) is 57.6 Å². The van der Waals surface area contributed by atoms with Gasteiger partial charge in [0.2, 0.25) is 0 Å². The Labute approximate surface area is 164 Å². The first-order valence-corrected chi connectivity index (χ1v) is 9.80. The lowest BCUT2D eigenvalue weighted by atomic mass is 10.1. The van der Waals surface area contributed by atoms with Gasteiger partial charge in [-0.1, -0.05) is 6.07 Å². The fourth-order valence-corrected chi connectivity index (χ4v) is 3.01. The summed E-state index contributed by atoms with van der Waals surface area (Å²) in [4.78, 5) is 22.2. The maximum atomic E-state index is 12.4. The predicted octanol–water partition coefficient (Wildman–Crippen LogP) is 2.54. The number of rotatable bonds is 8. The highest BCUT2D eigenvalue weighted by molar-refractivity contribution is 7.90. The second-order valence-electron chi connectivity index (χ2n) is 5.79. The van der Waals surface area contributed by atoms with Crippen LogP contribution in [-0.4, -0.2) is 39.2 Å². The van der Waals surface area contributed by atoms with Crippen molar-refractivity contribution in [3.63, 3.8) is 0 Å². The van der Waals surface area contributed by atoms with Crippen LogP contribution in [0.3, 0.4) is 0 Å². The van der Waals surface area contributed by atoms with Crippen LogP contribution in [0.15, 0.2) is 41.3 Å². The van der Waals surface area contributed by atoms with E-state index in [1.165, 1.54) is 25.3 Å². The van der Waals surface area contributed by atoms with Crippen LogP contribution in [0.5, 0.6) is 11.5 Å². The number of nitrogens with one attached hydrogen (secondary N) is 1. The van der Waals surface area contributed by atoms with Gasteiger partial charge in [0, 0.05) is 30.5 Å². The molecule has 0 saturated carbocycles. The number of non-ortho nitro benzene ring substituents is 1. The number of benzene rings is 2. The normalized spacial score (nSPS) is 11.2. The quantitative estimate of drug-likeness (QED) is 0.504. The minimum Gasteiger partial charge on any atom is -0.493 e. The van der Waals surface area contributed by atoms with Crippen LogP contribution in [0.2, 0.25) is 0 Å². The monoisotopic (exact) mass is 430 g/mol. The zero-order chi connectivity index (χ0) is 21.8. The lowest BCUT2D eigenvalue weighted by molar-refractivity contribution is -0.385. The number of halogens is 2. The highest BCUT2D eigenvalue weighted by Gasteiger charge is 2.19. The molecule has 0 unspecified atom stereocenters. The molecule has 0 aromatic heterocycles. The number of ether oxygens (including phenoxy) is 2. The molecule has 2 aromatic rings. The molecular weight excluding hydrogens is 414 g/mol. The number of carbonyl (C=O) groups is 1. The fourth-order valence-electron chi connectivity index (χ4n) is 2.33. The van der Waals surface area contributed by atoms with Gasteiger partial charge < -0.3 is 14.8 Å². The van der Waals surface area contributed by atoms with Gasteiger partial charge in [0.05, 0.1) is 16.9 Å². The van der Waals surface area contributed by atoms with Crippen molar-refractivity contribution < 1.29 is 36.4 Å². The molecule has 156 valence electrons. The second kappa shape index (κ2) is 8.82. The number of carbonyl (C=O) groups excluding carboxylic acids is 1. The smallest absolute Gasteiger partial charge is 0.387 e. The van der Waals surface area contributed by atoms with Crippen LogP contribution in [0.4, 0.5) is 14.5 Å². The Kier molecular flexibility index (Phi) is 6.69. The first-order valence-electron chi connectivity index (χ1n) is 7.90. The van der Waals surface area contributed by atoms with E-state index >= 15 is 0 Å². The lowest BCUT2D eigenvalue weighted by Gasteiger charge is -2.12. The fraction of sp³-hybridized carbons (Fsp3) is 0.235. The standard InChI is InChI=1S/C17H16F2N2O7S/c1-27-15-5-10(3-4-14(15)28-17(18)19)9-20-16(22)11-6-12(21(23)24)8-13(7-11)29(2,25)26/h3-8,17H,9H2,1-2H3,(H,20,22). The van der Waals surface area contributed by atoms with E-state index in [9.17, 15) is 32.1 Å². The molecule has 0 aliphatic heterocycles. The van der Waals surface area contributed by atoms with Crippen LogP contribution >= 0.6 is 0 Å². The summed E-state index contributed by atoms with van der Waals surface area (Å²) in [6, 6.07) is 6.85. The van der Waals surface area contributed by atoms with E-state index < -0.39 is 33.0 Å². The molecule has 12 heteroatoms. The molecule has 2 aromatic carbocycles. The third kappa shape index (κ3) is 5.85. The molecule has 0 fully saturated rings. The molecule has 1 N–H and O–H groups in total. The van der Waals surface area contributed by atoms with Crippen molar-refractivity contribution in [2.75, 3.05) is 13.4 Å². The van der Waals surface area contributed by atoms with E-state index in [4.69, 9.17) is 4.74 Å². The first-order chi connectivity index (χ1) is 13.5. The molecule has 0 aliphatic rings. The summed E-state index contributed by atoms with van der Waals surface area (Å²) in [5, 5.41) is 13.5. The first kappa shape index (κ1) is 22.0. The molecule has 29 heavy (non-hydrogen) atoms. The molecule has 9 nitrogen and oxygen atoms in total. The van der Waals surface area contributed by atoms with E-state index in [2.05, 4.69) is 10.1 Å². The number of sulfone groups is 1. The number of nitrogens with zero attached hydrogens (tertiary/aromatic N) is 1. The Morgan fingerprint density at radius 2 is 1.90 bits per heavy atom. The minimum absolute atomic E-state index is 0.0201. The van der Waals surface area contributed by atoms with Crippen LogP contribution in [0, 0.1) is 10.1 Å². The molecule has 0 atom stereocenters. The molecular formula is C17H16F2N2O7S. The van der Waals surface area contributed by atoms with Crippen molar-refractivity contribution in [2.45, 2.75) is 18.1 Å². The van der Waals surface area contributed by atoms with E-state index in [1.807, 2.05) is 0 Å². The summed E-state index contributed by atoms with van der Waals surface area (Å²) in [7, 11) is -2.53. The number of amides is 1. The van der Waals surface area contributed by atoms with Crippen molar-refractivity contribution in [1.29, 1.82) is 0 Å². The Balaban J connectivity index is 2.23. The van der Waals surface area contributed by atoms with Crippen molar-refractivity contribution in [1.82, 2.24) is 5.32 Å². The Morgan fingerprint density at radius 1 is 1.21 bits per heavy atom. The van der Waals surface area contributed by atoms with E-state index in [-0.39, 0.29) is 28.5 Å². The maximum Gasteiger partial charge on any atom is 0.387 e. The number of nitro benzene ring substituents is 1. The largest absolute Gasteiger partial charge is 0.493 e. The van der Waals surface area contributed by atoms with Gasteiger partial charge in [-0.25, -0.2) is 8.42 Å². The summed E-state index contributed by atoms with van der Waals surface area (Å²) in [5.41, 5.74) is -0.303. The van der Waals surface area contributed by atoms with Crippen molar-refractivity contribution in [3.8, 4) is 11.5 Å². The van der Waals surface area contributed by atoms with Gasteiger partial charge in [0.15, 0.2) is 21.3 Å². The predicted molar refractivity (Wildman–Crippen MR) is 97.0 cm³/mol. The second-order valence-corrected chi connectivity index (χ2v) is 7.81. The van der Waals surface area contributed by atoms with Crippen LogP contribution < -0.4 is 14.8 Å². The third-order valence-electron chi connectivity index (χ3n) is 3.69. The molecule has 0 heterocycles. The number of alkyl halides is 2. The van der Waals surface area contributed by atoms with Gasteiger partial charge >= 0.3 is 6.61 Å². The van der Waals surface area contributed by atoms with Gasteiger partial charge in [-0.05, 0) is 23.8 Å². The average Bonchev–Trinajstić information content (AvgIpc) is 2.65. The lowest BCUT2D eigenvalue weighted by Crippen LogP contribution is -2.23. The van der Waals surface area contributed by atoms with Gasteiger partial charge in [-0.15, -0.1) is 0 Å². The number of hydrogen-bond donors (Lipinski definition) is 1. The summed E-state index contributed by atoms with van der Waals surface area (Å²) in [6.45, 7) is -3.12. The molecule has 0 aliphatic carbocycles. The summed E-state index contributed by atoms with van der Waals surface area (Å²) in [6.07, 6.45) is 0.864. The van der Waals surface area contributed by atoms with Gasteiger partial charge in [0.1, 0.15) is 0 Å². The number of hydrogen-bond acceptors (Lipinski definition) is 7. The summed E-state index contributed by atoms with van der Waals surface area (Å²) >= 11 is 0. The summed E-state index contributed by atoms with van der Waals surface area (Å²) in [5.74, 6) is -0.925.